The summed E-state index contributed by atoms with van der Waals surface area (Å²) in [5.41, 5.74) is 4.37. The highest BCUT2D eigenvalue weighted by molar-refractivity contribution is 9.10. The molecule has 4 heteroatoms. The van der Waals surface area contributed by atoms with Crippen LogP contribution >= 0.6 is 15.9 Å². The van der Waals surface area contributed by atoms with Gasteiger partial charge in [-0.3, -0.25) is 4.99 Å². The van der Waals surface area contributed by atoms with E-state index in [-0.39, 0.29) is 0 Å². The van der Waals surface area contributed by atoms with Gasteiger partial charge in [0.2, 0.25) is 0 Å². The molecular weight excluding hydrogens is 388 g/mol. The number of hydrogen-bond acceptors (Lipinski definition) is 3. The summed E-state index contributed by atoms with van der Waals surface area (Å²) in [7, 11) is 0. The van der Waals surface area contributed by atoms with Crippen molar-refractivity contribution in [3.8, 4) is 11.1 Å². The van der Waals surface area contributed by atoms with Crippen LogP contribution in [-0.2, 0) is 5.54 Å². The molecule has 3 nitrogen and oxygen atoms in total. The van der Waals surface area contributed by atoms with Crippen molar-refractivity contribution in [3.05, 3.63) is 56.9 Å². The second-order valence-corrected chi connectivity index (χ2v) is 8.55. The van der Waals surface area contributed by atoms with E-state index in [1.54, 1.807) is 0 Å². The van der Waals surface area contributed by atoms with Crippen molar-refractivity contribution in [2.45, 2.75) is 52.0 Å². The molecule has 2 aromatic rings. The number of nitrogens with zero attached hydrogens (tertiary/aromatic N) is 2. The molecule has 3 rings (SSSR count). The fraction of sp³-hybridized carbons (Fsp3) is 0.409. The summed E-state index contributed by atoms with van der Waals surface area (Å²) in [6.45, 7) is 5.79. The van der Waals surface area contributed by atoms with Crippen LogP contribution in [0.1, 0.15) is 50.7 Å². The van der Waals surface area contributed by atoms with Crippen LogP contribution in [0.5, 0.6) is 0 Å². The molecule has 0 unspecified atom stereocenters. The van der Waals surface area contributed by atoms with Gasteiger partial charge in [0.25, 0.3) is 0 Å². The van der Waals surface area contributed by atoms with Gasteiger partial charge in [0.05, 0.1) is 5.69 Å². The van der Waals surface area contributed by atoms with Crippen LogP contribution in [0, 0.1) is 17.7 Å². The van der Waals surface area contributed by atoms with E-state index in [4.69, 9.17) is 4.99 Å². The molecule has 1 aliphatic carbocycles. The van der Waals surface area contributed by atoms with Crippen molar-refractivity contribution in [1.29, 1.82) is 0 Å². The molecule has 136 valence electrons. The Morgan fingerprint density at radius 2 is 1.96 bits per heavy atom. The molecule has 1 fully saturated rings. The quantitative estimate of drug-likeness (QED) is 0.361. The van der Waals surface area contributed by atoms with Crippen LogP contribution in [0.25, 0.3) is 11.1 Å². The maximum atomic E-state index is 11.4. The number of halogens is 1. The maximum Gasteiger partial charge on any atom is 0.122 e. The van der Waals surface area contributed by atoms with E-state index < -0.39 is 5.54 Å². The summed E-state index contributed by atoms with van der Waals surface area (Å²) in [6.07, 6.45) is 7.16. The van der Waals surface area contributed by atoms with Crippen LogP contribution < -0.4 is 0 Å². The summed E-state index contributed by atoms with van der Waals surface area (Å²) >= 11 is 3.56. The number of benzene rings is 2. The van der Waals surface area contributed by atoms with Gasteiger partial charge in [-0.05, 0) is 73.6 Å². The van der Waals surface area contributed by atoms with Crippen LogP contribution in [0.3, 0.4) is 0 Å². The predicted octanol–water partition coefficient (Wildman–Crippen LogP) is 7.32. The maximum absolute atomic E-state index is 11.4. The largest absolute Gasteiger partial charge is 0.261 e. The second-order valence-electron chi connectivity index (χ2n) is 7.63. The molecular formula is C22H25BrN2O. The van der Waals surface area contributed by atoms with E-state index in [1.807, 2.05) is 32.0 Å². The standard InChI is InChI=1S/C22H25BrN2O/c1-15-18(8-5-9-21(15)24-13-12-16-6-4-7-16)19-14-17(23)10-11-20(19)22(2,3)25-26/h5,8-11,13-14,16H,4,6-7,12H2,1-3H3/b24-13-. The van der Waals surface area contributed by atoms with Crippen LogP contribution in [0.4, 0.5) is 5.69 Å². The highest BCUT2D eigenvalue weighted by Gasteiger charge is 2.26. The van der Waals surface area contributed by atoms with E-state index in [0.717, 1.165) is 44.8 Å². The monoisotopic (exact) mass is 412 g/mol. The lowest BCUT2D eigenvalue weighted by Gasteiger charge is -2.23. The number of aliphatic imine (C=N–C) groups is 1. The van der Waals surface area contributed by atoms with E-state index >= 15 is 0 Å². The Bertz CT molecular complexity index is 838. The normalized spacial score (nSPS) is 15.2. The Labute approximate surface area is 164 Å². The lowest BCUT2D eigenvalue weighted by Crippen LogP contribution is -2.14. The number of nitroso groups, excluding NO2 is 1. The smallest absolute Gasteiger partial charge is 0.122 e. The van der Waals surface area contributed by atoms with E-state index in [9.17, 15) is 4.91 Å². The van der Waals surface area contributed by atoms with Gasteiger partial charge in [-0.25, -0.2) is 0 Å². The topological polar surface area (TPSA) is 41.8 Å². The van der Waals surface area contributed by atoms with Gasteiger partial charge < -0.3 is 0 Å². The van der Waals surface area contributed by atoms with E-state index in [0.29, 0.717) is 0 Å². The zero-order chi connectivity index (χ0) is 18.7. The minimum Gasteiger partial charge on any atom is -0.261 e. The first-order chi connectivity index (χ1) is 12.4. The third-order valence-electron chi connectivity index (χ3n) is 5.36. The Kier molecular flexibility index (Phi) is 5.71. The first-order valence-corrected chi connectivity index (χ1v) is 9.99. The van der Waals surface area contributed by atoms with Crippen molar-refractivity contribution in [1.82, 2.24) is 0 Å². The lowest BCUT2D eigenvalue weighted by molar-refractivity contribution is 0.329. The summed E-state index contributed by atoms with van der Waals surface area (Å²) in [5.74, 6) is 0.818. The molecule has 0 atom stereocenters. The van der Waals surface area contributed by atoms with Crippen LogP contribution in [0.2, 0.25) is 0 Å². The van der Waals surface area contributed by atoms with Crippen LogP contribution in [-0.4, -0.2) is 6.21 Å². The third kappa shape index (κ3) is 3.96. The third-order valence-corrected chi connectivity index (χ3v) is 5.85. The fourth-order valence-electron chi connectivity index (χ4n) is 3.41. The van der Waals surface area contributed by atoms with Gasteiger partial charge in [0, 0.05) is 10.7 Å². The summed E-state index contributed by atoms with van der Waals surface area (Å²) in [5, 5.41) is 3.35. The molecule has 0 bridgehead atoms. The minimum absolute atomic E-state index is 0.786. The van der Waals surface area contributed by atoms with Gasteiger partial charge in [0.1, 0.15) is 5.54 Å². The zero-order valence-electron chi connectivity index (χ0n) is 15.6. The number of hydrogen-bond donors (Lipinski definition) is 0. The second kappa shape index (κ2) is 7.83. The fourth-order valence-corrected chi connectivity index (χ4v) is 3.77. The van der Waals surface area contributed by atoms with Crippen molar-refractivity contribution in [2.24, 2.45) is 16.1 Å². The van der Waals surface area contributed by atoms with Gasteiger partial charge in [-0.1, -0.05) is 58.6 Å². The average molecular weight is 413 g/mol. The molecule has 1 aliphatic rings. The first-order valence-electron chi connectivity index (χ1n) is 9.19. The van der Waals surface area contributed by atoms with E-state index in [2.05, 4.69) is 52.4 Å². The summed E-state index contributed by atoms with van der Waals surface area (Å²) in [6, 6.07) is 12.2. The molecule has 0 N–H and O–H groups in total. The lowest BCUT2D eigenvalue weighted by atomic mass is 9.83. The van der Waals surface area contributed by atoms with E-state index in [1.165, 1.54) is 19.3 Å². The van der Waals surface area contributed by atoms with Crippen molar-refractivity contribution < 1.29 is 0 Å². The Balaban J connectivity index is 2.00. The predicted molar refractivity (Wildman–Crippen MR) is 113 cm³/mol. The molecule has 26 heavy (non-hydrogen) atoms. The van der Waals surface area contributed by atoms with Crippen molar-refractivity contribution >= 4 is 27.8 Å². The zero-order valence-corrected chi connectivity index (χ0v) is 17.2. The molecule has 0 saturated heterocycles. The molecule has 0 radical (unpaired) electrons. The minimum atomic E-state index is -0.786. The molecule has 1 saturated carbocycles. The first kappa shape index (κ1) is 19.0. The molecule has 2 aromatic carbocycles. The molecule has 0 spiro atoms. The van der Waals surface area contributed by atoms with Crippen molar-refractivity contribution in [3.63, 3.8) is 0 Å². The Morgan fingerprint density at radius 3 is 2.62 bits per heavy atom. The van der Waals surface area contributed by atoms with Gasteiger partial charge in [-0.15, -0.1) is 4.91 Å². The van der Waals surface area contributed by atoms with Gasteiger partial charge >= 0.3 is 0 Å². The Morgan fingerprint density at radius 1 is 1.19 bits per heavy atom. The van der Waals surface area contributed by atoms with Gasteiger partial charge in [-0.2, -0.15) is 0 Å². The molecule has 0 aliphatic heterocycles. The highest BCUT2D eigenvalue weighted by Crippen LogP contribution is 2.39. The Hall–Kier alpha value is -1.81. The summed E-state index contributed by atoms with van der Waals surface area (Å²) < 4.78 is 0.983. The molecule has 0 aromatic heterocycles. The van der Waals surface area contributed by atoms with Crippen LogP contribution in [0.15, 0.2) is 51.0 Å². The van der Waals surface area contributed by atoms with Gasteiger partial charge in [0.15, 0.2) is 0 Å². The molecule has 0 heterocycles. The summed E-state index contributed by atoms with van der Waals surface area (Å²) in [4.78, 5) is 16.1. The van der Waals surface area contributed by atoms with Crippen molar-refractivity contribution in [2.75, 3.05) is 0 Å². The highest BCUT2D eigenvalue weighted by atomic mass is 79.9. The number of rotatable bonds is 6. The molecule has 0 amide bonds. The average Bonchev–Trinajstić information content (AvgIpc) is 2.58. The SMILES string of the molecule is Cc1c(/N=C\CC2CCC2)cccc1-c1cc(Br)ccc1C(C)(C)N=O.